The van der Waals surface area contributed by atoms with Gasteiger partial charge in [0, 0.05) is 17.1 Å². The molecule has 0 radical (unpaired) electrons. The fourth-order valence-electron chi connectivity index (χ4n) is 1.51. The maximum atomic E-state index is 12.4. The number of H-pyrrole nitrogens is 1. The van der Waals surface area contributed by atoms with Gasteiger partial charge in [-0.15, -0.1) is 12.4 Å². The third-order valence-corrected chi connectivity index (χ3v) is 2.25. The molecule has 1 atom stereocenters. The summed E-state index contributed by atoms with van der Waals surface area (Å²) in [4.78, 5) is 2.91. The van der Waals surface area contributed by atoms with E-state index in [0.717, 1.165) is 10.9 Å². The summed E-state index contributed by atoms with van der Waals surface area (Å²) in [5, 5.41) is 0.764. The number of nitrogens with one attached hydrogen (secondary N) is 1. The molecule has 0 bridgehead atoms. The van der Waals surface area contributed by atoms with Crippen LogP contribution in [0.3, 0.4) is 0 Å². The minimum absolute atomic E-state index is 0. The van der Waals surface area contributed by atoms with Crippen LogP contribution in [0.1, 0.15) is 11.6 Å². The highest BCUT2D eigenvalue weighted by atomic mass is 35.5. The highest BCUT2D eigenvalue weighted by Gasteiger charge is 2.20. The highest BCUT2D eigenvalue weighted by Crippen LogP contribution is 2.25. The minimum Gasteiger partial charge on any atom is -0.361 e. The molecule has 0 amide bonds. The summed E-state index contributed by atoms with van der Waals surface area (Å²) in [6, 6.07) is 6.04. The summed E-state index contributed by atoms with van der Waals surface area (Å²) in [7, 11) is 0. The van der Waals surface area contributed by atoms with Crippen molar-refractivity contribution in [2.45, 2.75) is 12.5 Å². The van der Waals surface area contributed by atoms with Gasteiger partial charge in [-0.2, -0.15) is 0 Å². The van der Waals surface area contributed by atoms with Gasteiger partial charge in [0.1, 0.15) is 0 Å². The molecule has 15 heavy (non-hydrogen) atoms. The van der Waals surface area contributed by atoms with Gasteiger partial charge in [-0.05, 0) is 11.6 Å². The molecule has 0 fully saturated rings. The van der Waals surface area contributed by atoms with Crippen molar-refractivity contribution in [2.75, 3.05) is 0 Å². The van der Waals surface area contributed by atoms with Gasteiger partial charge >= 0.3 is 0 Å². The first kappa shape index (κ1) is 11.9. The number of alkyl halides is 2. The Kier molecular flexibility index (Phi) is 3.66. The van der Waals surface area contributed by atoms with Crippen LogP contribution in [0.5, 0.6) is 0 Å². The first-order valence-electron chi connectivity index (χ1n) is 4.30. The van der Waals surface area contributed by atoms with E-state index >= 15 is 0 Å². The largest absolute Gasteiger partial charge is 0.361 e. The Balaban J connectivity index is 0.00000112. The molecular formula is C10H11ClF2N2. The molecular weight excluding hydrogens is 222 g/mol. The van der Waals surface area contributed by atoms with Gasteiger partial charge in [0.15, 0.2) is 0 Å². The molecule has 0 saturated heterocycles. The molecule has 5 heteroatoms. The van der Waals surface area contributed by atoms with Crippen molar-refractivity contribution in [1.82, 2.24) is 4.98 Å². The predicted octanol–water partition coefficient (Wildman–Crippen LogP) is 2.85. The van der Waals surface area contributed by atoms with E-state index in [4.69, 9.17) is 5.73 Å². The number of para-hydroxylation sites is 1. The lowest BCUT2D eigenvalue weighted by Crippen LogP contribution is -2.18. The second-order valence-corrected chi connectivity index (χ2v) is 3.15. The van der Waals surface area contributed by atoms with Gasteiger partial charge in [0.2, 0.25) is 0 Å². The number of benzene rings is 1. The first-order chi connectivity index (χ1) is 6.70. The van der Waals surface area contributed by atoms with Crippen LogP contribution in [-0.4, -0.2) is 11.4 Å². The van der Waals surface area contributed by atoms with E-state index in [-0.39, 0.29) is 12.4 Å². The topological polar surface area (TPSA) is 41.8 Å². The molecule has 1 aromatic heterocycles. The Morgan fingerprint density at radius 3 is 2.53 bits per heavy atom. The summed E-state index contributed by atoms with van der Waals surface area (Å²) in [6.07, 6.45) is -0.990. The van der Waals surface area contributed by atoms with E-state index in [1.54, 1.807) is 18.3 Å². The second kappa shape index (κ2) is 4.59. The number of rotatable bonds is 2. The van der Waals surface area contributed by atoms with Crippen molar-refractivity contribution in [3.63, 3.8) is 0 Å². The van der Waals surface area contributed by atoms with Gasteiger partial charge in [-0.25, -0.2) is 8.78 Å². The van der Waals surface area contributed by atoms with Crippen LogP contribution in [0.2, 0.25) is 0 Å². The van der Waals surface area contributed by atoms with E-state index in [1.807, 2.05) is 12.1 Å². The standard InChI is InChI=1S/C10H10F2N2.ClH/c11-10(12)9(13)7-5-14-8-4-2-1-3-6(7)8;/h1-5,9-10,14H,13H2;1H/t9-;/m0./s1. The molecule has 0 saturated carbocycles. The molecule has 2 aromatic rings. The zero-order valence-electron chi connectivity index (χ0n) is 7.78. The zero-order valence-corrected chi connectivity index (χ0v) is 8.60. The lowest BCUT2D eigenvalue weighted by Gasteiger charge is -2.08. The third kappa shape index (κ3) is 2.11. The highest BCUT2D eigenvalue weighted by molar-refractivity contribution is 5.85. The number of nitrogens with two attached hydrogens (primary N) is 1. The molecule has 2 rings (SSSR count). The average molecular weight is 233 g/mol. The Labute approximate surface area is 91.9 Å². The van der Waals surface area contributed by atoms with Crippen molar-refractivity contribution in [1.29, 1.82) is 0 Å². The van der Waals surface area contributed by atoms with Crippen molar-refractivity contribution in [3.05, 3.63) is 36.0 Å². The molecule has 0 spiro atoms. The number of halogens is 3. The molecule has 0 unspecified atom stereocenters. The van der Waals surface area contributed by atoms with Crippen molar-refractivity contribution in [2.24, 2.45) is 5.73 Å². The number of hydrogen-bond acceptors (Lipinski definition) is 1. The maximum absolute atomic E-state index is 12.4. The van der Waals surface area contributed by atoms with Crippen LogP contribution < -0.4 is 5.73 Å². The van der Waals surface area contributed by atoms with E-state index in [2.05, 4.69) is 4.98 Å². The Hall–Kier alpha value is -1.13. The van der Waals surface area contributed by atoms with Gasteiger partial charge in [0.05, 0.1) is 6.04 Å². The maximum Gasteiger partial charge on any atom is 0.257 e. The first-order valence-corrected chi connectivity index (χ1v) is 4.30. The normalized spacial score (nSPS) is 12.8. The van der Waals surface area contributed by atoms with Crippen LogP contribution in [0.15, 0.2) is 30.5 Å². The van der Waals surface area contributed by atoms with Crippen molar-refractivity contribution >= 4 is 23.3 Å². The number of aromatic nitrogens is 1. The summed E-state index contributed by atoms with van der Waals surface area (Å²) in [6.45, 7) is 0. The molecule has 0 aliphatic carbocycles. The fourth-order valence-corrected chi connectivity index (χ4v) is 1.51. The quantitative estimate of drug-likeness (QED) is 0.822. The molecule has 3 N–H and O–H groups in total. The Bertz CT molecular complexity index is 442. The van der Waals surface area contributed by atoms with E-state index in [0.29, 0.717) is 5.56 Å². The van der Waals surface area contributed by atoms with Crippen LogP contribution in [0.4, 0.5) is 8.78 Å². The molecule has 2 nitrogen and oxygen atoms in total. The van der Waals surface area contributed by atoms with Crippen LogP contribution >= 0.6 is 12.4 Å². The van der Waals surface area contributed by atoms with Crippen LogP contribution in [0.25, 0.3) is 10.9 Å². The smallest absolute Gasteiger partial charge is 0.257 e. The van der Waals surface area contributed by atoms with Crippen LogP contribution in [-0.2, 0) is 0 Å². The lowest BCUT2D eigenvalue weighted by molar-refractivity contribution is 0.117. The molecule has 82 valence electrons. The number of aromatic amines is 1. The monoisotopic (exact) mass is 232 g/mol. The van der Waals surface area contributed by atoms with Gasteiger partial charge in [-0.3, -0.25) is 0 Å². The average Bonchev–Trinajstić information content (AvgIpc) is 2.60. The summed E-state index contributed by atoms with van der Waals surface area (Å²) >= 11 is 0. The minimum atomic E-state index is -2.53. The van der Waals surface area contributed by atoms with Gasteiger partial charge in [0.25, 0.3) is 6.43 Å². The SMILES string of the molecule is Cl.N[C@@H](c1c[nH]c2ccccc12)C(F)F. The fraction of sp³-hybridized carbons (Fsp3) is 0.200. The van der Waals surface area contributed by atoms with E-state index in [1.165, 1.54) is 0 Å². The van der Waals surface area contributed by atoms with E-state index < -0.39 is 12.5 Å². The predicted molar refractivity (Wildman–Crippen MR) is 58.5 cm³/mol. The van der Waals surface area contributed by atoms with E-state index in [9.17, 15) is 8.78 Å². The number of fused-ring (bicyclic) bond motifs is 1. The Morgan fingerprint density at radius 1 is 1.20 bits per heavy atom. The number of hydrogen-bond donors (Lipinski definition) is 2. The summed E-state index contributed by atoms with van der Waals surface area (Å²) in [5.41, 5.74) is 6.68. The third-order valence-electron chi connectivity index (χ3n) is 2.25. The summed E-state index contributed by atoms with van der Waals surface area (Å²) < 4.78 is 24.8. The van der Waals surface area contributed by atoms with Crippen LogP contribution in [0, 0.1) is 0 Å². The van der Waals surface area contributed by atoms with Gasteiger partial charge in [-0.1, -0.05) is 18.2 Å². The lowest BCUT2D eigenvalue weighted by atomic mass is 10.1. The van der Waals surface area contributed by atoms with Gasteiger partial charge < -0.3 is 10.7 Å². The van der Waals surface area contributed by atoms with Crippen molar-refractivity contribution < 1.29 is 8.78 Å². The Morgan fingerprint density at radius 2 is 1.87 bits per heavy atom. The molecule has 0 aliphatic heterocycles. The molecule has 1 aromatic carbocycles. The molecule has 1 heterocycles. The zero-order chi connectivity index (χ0) is 10.1. The second-order valence-electron chi connectivity index (χ2n) is 3.15. The van der Waals surface area contributed by atoms with Crippen molar-refractivity contribution in [3.8, 4) is 0 Å². The molecule has 0 aliphatic rings. The summed E-state index contributed by atoms with van der Waals surface area (Å²) in [5.74, 6) is 0.